The molecule has 4 nitrogen and oxygen atoms in total. The van der Waals surface area contributed by atoms with Crippen LogP contribution in [0.5, 0.6) is 0 Å². The summed E-state index contributed by atoms with van der Waals surface area (Å²) in [5.41, 5.74) is 0.251. The Hall–Kier alpha value is -0.940. The fourth-order valence-electron chi connectivity index (χ4n) is 3.27. The highest BCUT2D eigenvalue weighted by Gasteiger charge is 2.36. The van der Waals surface area contributed by atoms with Crippen molar-refractivity contribution in [3.05, 3.63) is 35.9 Å². The van der Waals surface area contributed by atoms with Crippen LogP contribution in [-0.2, 0) is 5.60 Å². The minimum Gasteiger partial charge on any atom is -0.384 e. The quantitative estimate of drug-likeness (QED) is 0.838. The molecule has 1 unspecified atom stereocenters. The summed E-state index contributed by atoms with van der Waals surface area (Å²) in [6, 6.07) is 10.7. The molecule has 3 rings (SSSR count). The Bertz CT molecular complexity index is 423. The van der Waals surface area contributed by atoms with E-state index in [2.05, 4.69) is 15.1 Å². The van der Waals surface area contributed by atoms with Gasteiger partial charge in [-0.05, 0) is 12.5 Å². The molecule has 0 bridgehead atoms. The normalized spacial score (nSPS) is 25.1. The van der Waals surface area contributed by atoms with Crippen molar-refractivity contribution < 1.29 is 5.11 Å². The van der Waals surface area contributed by atoms with Gasteiger partial charge in [-0.2, -0.15) is 0 Å². The molecule has 2 aliphatic heterocycles. The van der Waals surface area contributed by atoms with Gasteiger partial charge in [0.05, 0.1) is 5.60 Å². The second-order valence-corrected chi connectivity index (χ2v) is 6.27. The summed E-state index contributed by atoms with van der Waals surface area (Å²) < 4.78 is 0. The first-order chi connectivity index (χ1) is 9.65. The zero-order valence-corrected chi connectivity index (χ0v) is 12.3. The molecule has 2 fully saturated rings. The number of benzene rings is 1. The predicted octanol–water partition coefficient (Wildman–Crippen LogP) is 0.484. The van der Waals surface area contributed by atoms with E-state index in [9.17, 15) is 5.11 Å². The predicted molar refractivity (Wildman–Crippen MR) is 80.7 cm³/mol. The average Bonchev–Trinajstić information content (AvgIpc) is 2.44. The first-order valence-corrected chi connectivity index (χ1v) is 7.60. The van der Waals surface area contributed by atoms with Crippen LogP contribution in [0, 0.1) is 0 Å². The summed E-state index contributed by atoms with van der Waals surface area (Å²) in [6.45, 7) is 9.35. The molecular weight excluding hydrogens is 250 g/mol. The summed E-state index contributed by atoms with van der Waals surface area (Å²) in [4.78, 5) is 4.93. The lowest BCUT2D eigenvalue weighted by molar-refractivity contribution is -0.0412. The zero-order valence-electron chi connectivity index (χ0n) is 12.3. The Balaban J connectivity index is 1.50. The first kappa shape index (κ1) is 14.0. The topological polar surface area (TPSA) is 38.7 Å². The number of nitrogens with one attached hydrogen (secondary N) is 1. The Morgan fingerprint density at radius 2 is 1.85 bits per heavy atom. The average molecular weight is 275 g/mol. The molecule has 0 amide bonds. The summed E-state index contributed by atoms with van der Waals surface area (Å²) in [5.74, 6) is 0. The molecule has 0 saturated carbocycles. The second kappa shape index (κ2) is 5.82. The van der Waals surface area contributed by atoms with Crippen LogP contribution in [0.2, 0.25) is 0 Å². The van der Waals surface area contributed by atoms with Crippen LogP contribution >= 0.6 is 0 Å². The molecule has 0 aliphatic carbocycles. The van der Waals surface area contributed by atoms with Gasteiger partial charge >= 0.3 is 0 Å². The minimum absolute atomic E-state index is 0.684. The van der Waals surface area contributed by atoms with Crippen molar-refractivity contribution in [2.24, 2.45) is 0 Å². The summed E-state index contributed by atoms with van der Waals surface area (Å²) in [5, 5.41) is 14.0. The molecule has 2 saturated heterocycles. The molecule has 1 aromatic rings. The Kier molecular flexibility index (Phi) is 4.08. The summed E-state index contributed by atoms with van der Waals surface area (Å²) in [6.07, 6.45) is 0. The van der Waals surface area contributed by atoms with E-state index in [1.165, 1.54) is 0 Å². The van der Waals surface area contributed by atoms with Crippen LogP contribution < -0.4 is 5.32 Å². The van der Waals surface area contributed by atoms with Gasteiger partial charge in [-0.15, -0.1) is 0 Å². The van der Waals surface area contributed by atoms with Gasteiger partial charge in [0.1, 0.15) is 0 Å². The van der Waals surface area contributed by atoms with Crippen molar-refractivity contribution >= 4 is 0 Å². The van der Waals surface area contributed by atoms with Gasteiger partial charge in [0.25, 0.3) is 0 Å². The zero-order chi connectivity index (χ0) is 14.0. The number of hydrogen-bond donors (Lipinski definition) is 2. The van der Waals surface area contributed by atoms with E-state index in [1.807, 2.05) is 37.3 Å². The van der Waals surface area contributed by atoms with E-state index in [-0.39, 0.29) is 0 Å². The third kappa shape index (κ3) is 3.04. The fraction of sp³-hybridized carbons (Fsp3) is 0.625. The molecule has 110 valence electrons. The SMILES string of the molecule is CC(O)(CN1CC(N2CCNCC2)C1)c1ccccc1. The van der Waals surface area contributed by atoms with Crippen molar-refractivity contribution in [1.29, 1.82) is 0 Å². The number of aliphatic hydroxyl groups is 1. The van der Waals surface area contributed by atoms with E-state index in [0.717, 1.165) is 51.4 Å². The maximum Gasteiger partial charge on any atom is 0.0994 e. The molecule has 2 heterocycles. The highest BCUT2D eigenvalue weighted by atomic mass is 16.3. The monoisotopic (exact) mass is 275 g/mol. The lowest BCUT2D eigenvalue weighted by atomic mass is 9.93. The number of β-amino-alcohol motifs (C(OH)–C–C–N with tert-alkyl or cyclic N) is 1. The van der Waals surface area contributed by atoms with Crippen LogP contribution in [-0.4, -0.2) is 66.8 Å². The van der Waals surface area contributed by atoms with Gasteiger partial charge in [-0.25, -0.2) is 0 Å². The van der Waals surface area contributed by atoms with Gasteiger partial charge in [0, 0.05) is 51.9 Å². The standard InChI is InChI=1S/C16H25N3O/c1-16(20,14-5-3-2-4-6-14)13-18-11-15(12-18)19-9-7-17-8-10-19/h2-6,15,17,20H,7-13H2,1H3. The van der Waals surface area contributed by atoms with Crippen molar-refractivity contribution in [2.45, 2.75) is 18.6 Å². The Morgan fingerprint density at radius 3 is 2.50 bits per heavy atom. The molecule has 0 spiro atoms. The van der Waals surface area contributed by atoms with E-state index in [4.69, 9.17) is 0 Å². The smallest absolute Gasteiger partial charge is 0.0994 e. The third-order valence-corrected chi connectivity index (χ3v) is 4.53. The van der Waals surface area contributed by atoms with E-state index >= 15 is 0 Å². The number of nitrogens with zero attached hydrogens (tertiary/aromatic N) is 2. The molecule has 2 N–H and O–H groups in total. The van der Waals surface area contributed by atoms with E-state index in [1.54, 1.807) is 0 Å². The maximum absolute atomic E-state index is 10.7. The van der Waals surface area contributed by atoms with Crippen LogP contribution in [0.4, 0.5) is 0 Å². The van der Waals surface area contributed by atoms with Crippen LogP contribution in [0.1, 0.15) is 12.5 Å². The van der Waals surface area contributed by atoms with Gasteiger partial charge in [-0.1, -0.05) is 30.3 Å². The van der Waals surface area contributed by atoms with Gasteiger partial charge in [0.15, 0.2) is 0 Å². The lowest BCUT2D eigenvalue weighted by Gasteiger charge is -2.48. The van der Waals surface area contributed by atoms with E-state index < -0.39 is 5.60 Å². The molecule has 0 aromatic heterocycles. The van der Waals surface area contributed by atoms with Crippen LogP contribution in [0.15, 0.2) is 30.3 Å². The summed E-state index contributed by atoms with van der Waals surface area (Å²) >= 11 is 0. The molecule has 20 heavy (non-hydrogen) atoms. The fourth-order valence-corrected chi connectivity index (χ4v) is 3.27. The highest BCUT2D eigenvalue weighted by molar-refractivity contribution is 5.22. The second-order valence-electron chi connectivity index (χ2n) is 6.27. The summed E-state index contributed by atoms with van der Waals surface area (Å²) in [7, 11) is 0. The number of piperazine rings is 1. The van der Waals surface area contributed by atoms with Gasteiger partial charge in [0.2, 0.25) is 0 Å². The minimum atomic E-state index is -0.754. The van der Waals surface area contributed by atoms with E-state index in [0.29, 0.717) is 6.04 Å². The molecule has 1 atom stereocenters. The number of rotatable bonds is 4. The van der Waals surface area contributed by atoms with Crippen molar-refractivity contribution in [3.8, 4) is 0 Å². The van der Waals surface area contributed by atoms with Crippen molar-refractivity contribution in [2.75, 3.05) is 45.8 Å². The lowest BCUT2D eigenvalue weighted by Crippen LogP contribution is -2.64. The number of hydrogen-bond acceptors (Lipinski definition) is 4. The molecule has 0 radical (unpaired) electrons. The Labute approximate surface area is 121 Å². The van der Waals surface area contributed by atoms with Gasteiger partial charge < -0.3 is 10.4 Å². The molecular formula is C16H25N3O. The Morgan fingerprint density at radius 1 is 1.20 bits per heavy atom. The van der Waals surface area contributed by atoms with Gasteiger partial charge in [-0.3, -0.25) is 9.80 Å². The van der Waals surface area contributed by atoms with Crippen LogP contribution in [0.25, 0.3) is 0 Å². The largest absolute Gasteiger partial charge is 0.384 e. The number of likely N-dealkylation sites (tertiary alicyclic amines) is 1. The van der Waals surface area contributed by atoms with Crippen LogP contribution in [0.3, 0.4) is 0 Å². The molecule has 2 aliphatic rings. The molecule has 4 heteroatoms. The maximum atomic E-state index is 10.7. The first-order valence-electron chi connectivity index (χ1n) is 7.60. The highest BCUT2D eigenvalue weighted by Crippen LogP contribution is 2.25. The van der Waals surface area contributed by atoms with Crippen molar-refractivity contribution in [1.82, 2.24) is 15.1 Å². The van der Waals surface area contributed by atoms with Crippen molar-refractivity contribution in [3.63, 3.8) is 0 Å². The molecule has 1 aromatic carbocycles. The third-order valence-electron chi connectivity index (χ3n) is 4.53.